The topological polar surface area (TPSA) is 75.3 Å². The van der Waals surface area contributed by atoms with E-state index in [4.69, 9.17) is 6.42 Å². The lowest BCUT2D eigenvalue weighted by Crippen LogP contribution is -2.24. The Morgan fingerprint density at radius 3 is 2.52 bits per heavy atom. The predicted octanol–water partition coefficient (Wildman–Crippen LogP) is 2.61. The monoisotopic (exact) mass is 392 g/mol. The van der Waals surface area contributed by atoms with Crippen LogP contribution in [0.15, 0.2) is 57.9 Å². The molecule has 23 heavy (non-hydrogen) atoms. The van der Waals surface area contributed by atoms with Crippen molar-refractivity contribution >= 4 is 37.5 Å². The molecule has 118 valence electrons. The van der Waals surface area contributed by atoms with E-state index < -0.39 is 15.9 Å². The SMILES string of the molecule is C#CCNS(=O)(=O)c1cccc(C(=O)Nc2ccc(Br)cc2)c1. The van der Waals surface area contributed by atoms with Crippen LogP contribution in [0.25, 0.3) is 0 Å². The molecule has 0 saturated heterocycles. The molecule has 0 aliphatic rings. The molecule has 0 aromatic heterocycles. The zero-order valence-corrected chi connectivity index (χ0v) is 14.3. The Balaban J connectivity index is 2.20. The number of benzene rings is 2. The smallest absolute Gasteiger partial charge is 0.255 e. The summed E-state index contributed by atoms with van der Waals surface area (Å²) in [7, 11) is -3.74. The molecular weight excluding hydrogens is 380 g/mol. The van der Waals surface area contributed by atoms with E-state index in [0.717, 1.165) is 4.47 Å². The van der Waals surface area contributed by atoms with Crippen molar-refractivity contribution in [2.45, 2.75) is 4.90 Å². The average molecular weight is 393 g/mol. The van der Waals surface area contributed by atoms with E-state index in [2.05, 4.69) is 31.9 Å². The molecule has 0 fully saturated rings. The summed E-state index contributed by atoms with van der Waals surface area (Å²) in [4.78, 5) is 12.2. The largest absolute Gasteiger partial charge is 0.322 e. The van der Waals surface area contributed by atoms with E-state index in [1.54, 1.807) is 24.3 Å². The van der Waals surface area contributed by atoms with Crippen molar-refractivity contribution in [3.05, 3.63) is 58.6 Å². The highest BCUT2D eigenvalue weighted by Crippen LogP contribution is 2.16. The maximum absolute atomic E-state index is 12.2. The molecule has 2 rings (SSSR count). The van der Waals surface area contributed by atoms with Gasteiger partial charge in [0.15, 0.2) is 0 Å². The van der Waals surface area contributed by atoms with Gasteiger partial charge in [-0.25, -0.2) is 8.42 Å². The number of terminal acetylenes is 1. The maximum atomic E-state index is 12.2. The van der Waals surface area contributed by atoms with Gasteiger partial charge in [-0.05, 0) is 42.5 Å². The Bertz CT molecular complexity index is 856. The van der Waals surface area contributed by atoms with E-state index in [9.17, 15) is 13.2 Å². The van der Waals surface area contributed by atoms with Crippen molar-refractivity contribution in [1.29, 1.82) is 0 Å². The van der Waals surface area contributed by atoms with Crippen LogP contribution in [-0.2, 0) is 10.0 Å². The Hall–Kier alpha value is -2.14. The second kappa shape index (κ2) is 7.42. The van der Waals surface area contributed by atoms with Gasteiger partial charge in [-0.2, -0.15) is 4.72 Å². The fourth-order valence-electron chi connectivity index (χ4n) is 1.76. The van der Waals surface area contributed by atoms with Gasteiger partial charge in [0.1, 0.15) is 0 Å². The Kier molecular flexibility index (Phi) is 5.55. The van der Waals surface area contributed by atoms with Crippen molar-refractivity contribution in [3.63, 3.8) is 0 Å². The Morgan fingerprint density at radius 2 is 1.87 bits per heavy atom. The highest BCUT2D eigenvalue weighted by Gasteiger charge is 2.15. The van der Waals surface area contributed by atoms with Crippen molar-refractivity contribution in [2.24, 2.45) is 0 Å². The predicted molar refractivity (Wildman–Crippen MR) is 92.6 cm³/mol. The Labute approximate surface area is 143 Å². The summed E-state index contributed by atoms with van der Waals surface area (Å²) < 4.78 is 27.2. The highest BCUT2D eigenvalue weighted by atomic mass is 79.9. The van der Waals surface area contributed by atoms with Crippen LogP contribution < -0.4 is 10.0 Å². The minimum Gasteiger partial charge on any atom is -0.322 e. The van der Waals surface area contributed by atoms with Crippen LogP contribution in [0.5, 0.6) is 0 Å². The molecule has 0 spiro atoms. The van der Waals surface area contributed by atoms with Gasteiger partial charge >= 0.3 is 0 Å². The van der Waals surface area contributed by atoms with E-state index in [1.165, 1.54) is 24.3 Å². The number of anilines is 1. The molecule has 0 aliphatic carbocycles. The maximum Gasteiger partial charge on any atom is 0.255 e. The molecule has 0 heterocycles. The molecular formula is C16H13BrN2O3S. The van der Waals surface area contributed by atoms with Gasteiger partial charge in [0.25, 0.3) is 5.91 Å². The van der Waals surface area contributed by atoms with E-state index in [-0.39, 0.29) is 17.0 Å². The standard InChI is InChI=1S/C16H13BrN2O3S/c1-2-10-18-23(21,22)15-5-3-4-12(11-15)16(20)19-14-8-6-13(17)7-9-14/h1,3-9,11,18H,10H2,(H,19,20). The summed E-state index contributed by atoms with van der Waals surface area (Å²) in [5.41, 5.74) is 0.841. The zero-order chi connectivity index (χ0) is 16.9. The van der Waals surface area contributed by atoms with Crippen molar-refractivity contribution in [2.75, 3.05) is 11.9 Å². The van der Waals surface area contributed by atoms with Crippen LogP contribution in [0.3, 0.4) is 0 Å². The lowest BCUT2D eigenvalue weighted by Gasteiger charge is -2.08. The number of sulfonamides is 1. The molecule has 0 unspecified atom stereocenters. The van der Waals surface area contributed by atoms with Crippen LogP contribution >= 0.6 is 15.9 Å². The fourth-order valence-corrected chi connectivity index (χ4v) is 3.01. The zero-order valence-electron chi connectivity index (χ0n) is 11.9. The summed E-state index contributed by atoms with van der Waals surface area (Å²) in [5.74, 6) is 1.79. The molecule has 2 aromatic rings. The van der Waals surface area contributed by atoms with Gasteiger partial charge in [-0.3, -0.25) is 4.79 Å². The molecule has 5 nitrogen and oxygen atoms in total. The molecule has 0 bridgehead atoms. The lowest BCUT2D eigenvalue weighted by atomic mass is 10.2. The van der Waals surface area contributed by atoms with Gasteiger partial charge in [0.05, 0.1) is 11.4 Å². The van der Waals surface area contributed by atoms with Crippen molar-refractivity contribution in [1.82, 2.24) is 4.72 Å². The summed E-state index contributed by atoms with van der Waals surface area (Å²) >= 11 is 3.31. The number of nitrogens with one attached hydrogen (secondary N) is 2. The minimum absolute atomic E-state index is 0.0174. The summed E-state index contributed by atoms with van der Waals surface area (Å²) in [6.07, 6.45) is 5.04. The summed E-state index contributed by atoms with van der Waals surface area (Å²) in [6, 6.07) is 12.8. The quantitative estimate of drug-likeness (QED) is 0.767. The molecule has 0 radical (unpaired) electrons. The van der Waals surface area contributed by atoms with E-state index in [0.29, 0.717) is 5.69 Å². The first kappa shape index (κ1) is 17.2. The third-order valence-electron chi connectivity index (χ3n) is 2.87. The second-order valence-electron chi connectivity index (χ2n) is 4.52. The molecule has 7 heteroatoms. The number of halogens is 1. The van der Waals surface area contributed by atoms with Crippen LogP contribution in [0.1, 0.15) is 10.4 Å². The highest BCUT2D eigenvalue weighted by molar-refractivity contribution is 9.10. The van der Waals surface area contributed by atoms with Crippen LogP contribution in [-0.4, -0.2) is 20.9 Å². The number of rotatable bonds is 5. The third kappa shape index (κ3) is 4.66. The second-order valence-corrected chi connectivity index (χ2v) is 7.20. The molecule has 2 N–H and O–H groups in total. The van der Waals surface area contributed by atoms with Gasteiger partial charge in [-0.1, -0.05) is 27.9 Å². The van der Waals surface area contributed by atoms with Crippen LogP contribution in [0.2, 0.25) is 0 Å². The first-order valence-corrected chi connectivity index (χ1v) is 8.80. The van der Waals surface area contributed by atoms with Crippen molar-refractivity contribution < 1.29 is 13.2 Å². The van der Waals surface area contributed by atoms with Crippen LogP contribution in [0, 0.1) is 12.3 Å². The molecule has 1 amide bonds. The normalized spacial score (nSPS) is 10.8. The third-order valence-corrected chi connectivity index (χ3v) is 4.80. The Morgan fingerprint density at radius 1 is 1.17 bits per heavy atom. The molecule has 0 atom stereocenters. The van der Waals surface area contributed by atoms with Gasteiger partial charge in [0, 0.05) is 15.7 Å². The van der Waals surface area contributed by atoms with Crippen LogP contribution in [0.4, 0.5) is 5.69 Å². The molecule has 0 aliphatic heterocycles. The number of hydrogen-bond donors (Lipinski definition) is 2. The van der Waals surface area contributed by atoms with Gasteiger partial charge in [0.2, 0.25) is 10.0 Å². The minimum atomic E-state index is -3.74. The number of carbonyl (C=O) groups is 1. The summed E-state index contributed by atoms with van der Waals surface area (Å²) in [5, 5.41) is 2.70. The summed E-state index contributed by atoms with van der Waals surface area (Å²) in [6.45, 7) is -0.113. The van der Waals surface area contributed by atoms with Gasteiger partial charge in [-0.15, -0.1) is 6.42 Å². The van der Waals surface area contributed by atoms with E-state index in [1.807, 2.05) is 0 Å². The molecule has 0 saturated carbocycles. The number of hydrogen-bond acceptors (Lipinski definition) is 3. The van der Waals surface area contributed by atoms with Gasteiger partial charge < -0.3 is 5.32 Å². The first-order chi connectivity index (χ1) is 10.9. The van der Waals surface area contributed by atoms with E-state index >= 15 is 0 Å². The lowest BCUT2D eigenvalue weighted by molar-refractivity contribution is 0.102. The first-order valence-electron chi connectivity index (χ1n) is 6.52. The van der Waals surface area contributed by atoms with Crippen molar-refractivity contribution in [3.8, 4) is 12.3 Å². The molecule has 2 aromatic carbocycles. The average Bonchev–Trinajstić information content (AvgIpc) is 2.55. The fraction of sp³-hybridized carbons (Fsp3) is 0.0625. The number of amides is 1. The number of carbonyl (C=O) groups excluding carboxylic acids is 1.